The monoisotopic (exact) mass is 352 g/mol. The molecule has 0 bridgehead atoms. The molecule has 0 aliphatic carbocycles. The van der Waals surface area contributed by atoms with Crippen LogP contribution in [0.15, 0.2) is 18.2 Å². The van der Waals surface area contributed by atoms with Gasteiger partial charge in [0, 0.05) is 43.1 Å². The van der Waals surface area contributed by atoms with Gasteiger partial charge in [-0.05, 0) is 24.8 Å². The third-order valence-electron chi connectivity index (χ3n) is 4.81. The van der Waals surface area contributed by atoms with Gasteiger partial charge in [-0.25, -0.2) is 8.78 Å². The van der Waals surface area contributed by atoms with Gasteiger partial charge in [0.2, 0.25) is 11.8 Å². The summed E-state index contributed by atoms with van der Waals surface area (Å²) >= 11 is 0. The van der Waals surface area contributed by atoms with Crippen LogP contribution in [-0.4, -0.2) is 29.8 Å². The number of benzene rings is 1. The number of nitrogens with zero attached hydrogens (tertiary/aromatic N) is 1. The number of carbonyl (C=O) groups excluding carboxylic acids is 2. The van der Waals surface area contributed by atoms with E-state index in [0.717, 1.165) is 6.07 Å². The van der Waals surface area contributed by atoms with Gasteiger partial charge in [-0.15, -0.1) is 0 Å². The van der Waals surface area contributed by atoms with Gasteiger partial charge < -0.3 is 10.2 Å². The zero-order valence-corrected chi connectivity index (χ0v) is 15.1. The Balaban J connectivity index is 1.88. The van der Waals surface area contributed by atoms with Crippen molar-refractivity contribution in [3.8, 4) is 0 Å². The van der Waals surface area contributed by atoms with E-state index in [1.54, 1.807) is 0 Å². The molecule has 0 spiro atoms. The van der Waals surface area contributed by atoms with Crippen molar-refractivity contribution >= 4 is 11.8 Å². The number of hydrogen-bond donors (Lipinski definition) is 1. The Bertz CT molecular complexity index is 638. The maximum atomic E-state index is 13.6. The average molecular weight is 352 g/mol. The van der Waals surface area contributed by atoms with Gasteiger partial charge >= 0.3 is 0 Å². The van der Waals surface area contributed by atoms with Crippen molar-refractivity contribution in [3.63, 3.8) is 0 Å². The van der Waals surface area contributed by atoms with E-state index in [2.05, 4.69) is 5.32 Å². The zero-order valence-electron chi connectivity index (χ0n) is 15.1. The lowest BCUT2D eigenvalue weighted by atomic mass is 9.79. The Hall–Kier alpha value is -1.98. The van der Waals surface area contributed by atoms with E-state index in [1.807, 2.05) is 25.7 Å². The van der Waals surface area contributed by atoms with Gasteiger partial charge in [-0.1, -0.05) is 26.8 Å². The van der Waals surface area contributed by atoms with Crippen molar-refractivity contribution < 1.29 is 18.4 Å². The summed E-state index contributed by atoms with van der Waals surface area (Å²) in [5, 5.41) is 2.74. The molecule has 0 saturated carbocycles. The Kier molecular flexibility index (Phi) is 6.14. The van der Waals surface area contributed by atoms with Crippen molar-refractivity contribution in [2.45, 2.75) is 46.6 Å². The minimum atomic E-state index is -0.667. The summed E-state index contributed by atoms with van der Waals surface area (Å²) in [7, 11) is 0. The van der Waals surface area contributed by atoms with Crippen LogP contribution in [-0.2, 0) is 16.1 Å². The molecular weight excluding hydrogens is 326 g/mol. The molecule has 4 nitrogen and oxygen atoms in total. The van der Waals surface area contributed by atoms with Gasteiger partial charge in [-0.2, -0.15) is 0 Å². The van der Waals surface area contributed by atoms with Crippen LogP contribution < -0.4 is 5.32 Å². The standard InChI is InChI=1S/C19H26F2N2O2/c1-13(2)10-17(24)23-8-6-19(3,7-9-23)18(25)22-12-14-4-5-15(20)11-16(14)21/h4-5,11,13H,6-10,12H2,1-3H3,(H,22,25). The Morgan fingerprint density at radius 2 is 1.88 bits per heavy atom. The fraction of sp³-hybridized carbons (Fsp3) is 0.579. The van der Waals surface area contributed by atoms with E-state index >= 15 is 0 Å². The summed E-state index contributed by atoms with van der Waals surface area (Å²) < 4.78 is 26.6. The first-order chi connectivity index (χ1) is 11.7. The molecule has 2 amide bonds. The number of amides is 2. The SMILES string of the molecule is CC(C)CC(=O)N1CCC(C)(C(=O)NCc2ccc(F)cc2F)CC1. The van der Waals surface area contributed by atoms with Gasteiger partial charge in [0.05, 0.1) is 0 Å². The van der Waals surface area contributed by atoms with E-state index in [0.29, 0.717) is 38.3 Å². The fourth-order valence-corrected chi connectivity index (χ4v) is 3.01. The number of hydrogen-bond acceptors (Lipinski definition) is 2. The van der Waals surface area contributed by atoms with Crippen LogP contribution in [0.25, 0.3) is 0 Å². The van der Waals surface area contributed by atoms with Crippen molar-refractivity contribution in [2.75, 3.05) is 13.1 Å². The highest BCUT2D eigenvalue weighted by Gasteiger charge is 2.37. The molecule has 1 N–H and O–H groups in total. The molecule has 1 aliphatic rings. The summed E-state index contributed by atoms with van der Waals surface area (Å²) in [6.07, 6.45) is 1.68. The van der Waals surface area contributed by atoms with Crippen LogP contribution in [0.2, 0.25) is 0 Å². The topological polar surface area (TPSA) is 49.4 Å². The van der Waals surface area contributed by atoms with Crippen LogP contribution >= 0.6 is 0 Å². The molecule has 0 radical (unpaired) electrons. The first kappa shape index (κ1) is 19.3. The molecule has 0 atom stereocenters. The first-order valence-corrected chi connectivity index (χ1v) is 8.71. The zero-order chi connectivity index (χ0) is 18.6. The number of rotatable bonds is 5. The average Bonchev–Trinajstić information content (AvgIpc) is 2.53. The molecule has 1 aromatic carbocycles. The molecule has 1 aromatic rings. The molecule has 1 heterocycles. The second-order valence-corrected chi connectivity index (χ2v) is 7.46. The normalized spacial score (nSPS) is 16.8. The first-order valence-electron chi connectivity index (χ1n) is 8.71. The van der Waals surface area contributed by atoms with Gasteiger partial charge in [0.1, 0.15) is 11.6 Å². The highest BCUT2D eigenvalue weighted by atomic mass is 19.1. The number of nitrogens with one attached hydrogen (secondary N) is 1. The molecule has 6 heteroatoms. The predicted octanol–water partition coefficient (Wildman–Crippen LogP) is 3.26. The van der Waals surface area contributed by atoms with Gasteiger partial charge in [-0.3, -0.25) is 9.59 Å². The molecule has 1 saturated heterocycles. The molecular formula is C19H26F2N2O2. The lowest BCUT2D eigenvalue weighted by Gasteiger charge is -2.38. The maximum absolute atomic E-state index is 13.6. The third kappa shape index (κ3) is 5.00. The number of likely N-dealkylation sites (tertiary alicyclic amines) is 1. The Morgan fingerprint density at radius 1 is 1.24 bits per heavy atom. The van der Waals surface area contributed by atoms with E-state index in [1.165, 1.54) is 12.1 Å². The molecule has 0 unspecified atom stereocenters. The predicted molar refractivity (Wildman–Crippen MR) is 91.6 cm³/mol. The number of carbonyl (C=O) groups is 2. The summed E-state index contributed by atoms with van der Waals surface area (Å²) in [6.45, 7) is 7.02. The molecule has 0 aromatic heterocycles. The van der Waals surface area contributed by atoms with E-state index < -0.39 is 17.0 Å². The number of halogens is 2. The molecule has 138 valence electrons. The van der Waals surface area contributed by atoms with E-state index in [-0.39, 0.29) is 23.9 Å². The van der Waals surface area contributed by atoms with Gasteiger partial charge in [0.25, 0.3) is 0 Å². The molecule has 2 rings (SSSR count). The lowest BCUT2D eigenvalue weighted by Crippen LogP contribution is -2.48. The third-order valence-corrected chi connectivity index (χ3v) is 4.81. The highest BCUT2D eigenvalue weighted by molar-refractivity contribution is 5.83. The Labute approximate surface area is 147 Å². The highest BCUT2D eigenvalue weighted by Crippen LogP contribution is 2.31. The van der Waals surface area contributed by atoms with Crippen molar-refractivity contribution in [1.29, 1.82) is 0 Å². The second kappa shape index (κ2) is 7.93. The van der Waals surface area contributed by atoms with Crippen molar-refractivity contribution in [1.82, 2.24) is 10.2 Å². The van der Waals surface area contributed by atoms with E-state index in [4.69, 9.17) is 0 Å². The minimum Gasteiger partial charge on any atom is -0.351 e. The van der Waals surface area contributed by atoms with Crippen molar-refractivity contribution in [2.24, 2.45) is 11.3 Å². The van der Waals surface area contributed by atoms with Crippen LogP contribution in [0.4, 0.5) is 8.78 Å². The maximum Gasteiger partial charge on any atom is 0.226 e. The summed E-state index contributed by atoms with van der Waals surface area (Å²) in [6, 6.07) is 3.31. The summed E-state index contributed by atoms with van der Waals surface area (Å²) in [4.78, 5) is 26.4. The van der Waals surface area contributed by atoms with E-state index in [9.17, 15) is 18.4 Å². The van der Waals surface area contributed by atoms with Crippen molar-refractivity contribution in [3.05, 3.63) is 35.4 Å². The largest absolute Gasteiger partial charge is 0.351 e. The molecule has 1 aliphatic heterocycles. The fourth-order valence-electron chi connectivity index (χ4n) is 3.01. The summed E-state index contributed by atoms with van der Waals surface area (Å²) in [5.41, 5.74) is -0.326. The second-order valence-electron chi connectivity index (χ2n) is 7.46. The van der Waals surface area contributed by atoms with Crippen LogP contribution in [0.1, 0.15) is 45.6 Å². The van der Waals surface area contributed by atoms with Crippen LogP contribution in [0, 0.1) is 23.0 Å². The lowest BCUT2D eigenvalue weighted by molar-refractivity contribution is -0.140. The Morgan fingerprint density at radius 3 is 2.44 bits per heavy atom. The summed E-state index contributed by atoms with van der Waals surface area (Å²) in [5.74, 6) is -1.02. The quantitative estimate of drug-likeness (QED) is 0.884. The minimum absolute atomic E-state index is 0.0243. The van der Waals surface area contributed by atoms with Crippen LogP contribution in [0.5, 0.6) is 0 Å². The number of piperidine rings is 1. The molecule has 1 fully saturated rings. The van der Waals surface area contributed by atoms with Crippen LogP contribution in [0.3, 0.4) is 0 Å². The smallest absolute Gasteiger partial charge is 0.226 e. The molecule has 25 heavy (non-hydrogen) atoms. The van der Waals surface area contributed by atoms with Gasteiger partial charge in [0.15, 0.2) is 0 Å².